The summed E-state index contributed by atoms with van der Waals surface area (Å²) in [5, 5.41) is 7.81. The van der Waals surface area contributed by atoms with Gasteiger partial charge in [0.15, 0.2) is 11.3 Å². The van der Waals surface area contributed by atoms with Crippen molar-refractivity contribution in [1.29, 1.82) is 0 Å². The molecule has 33 heavy (non-hydrogen) atoms. The van der Waals surface area contributed by atoms with Crippen molar-refractivity contribution in [3.05, 3.63) is 64.1 Å². The van der Waals surface area contributed by atoms with Gasteiger partial charge in [0.25, 0.3) is 5.91 Å². The van der Waals surface area contributed by atoms with Crippen LogP contribution in [-0.2, 0) is 6.54 Å². The Morgan fingerprint density at radius 2 is 1.94 bits per heavy atom. The molecule has 172 valence electrons. The van der Waals surface area contributed by atoms with E-state index in [9.17, 15) is 9.59 Å². The maximum absolute atomic E-state index is 12.6. The summed E-state index contributed by atoms with van der Waals surface area (Å²) >= 11 is 12.0. The van der Waals surface area contributed by atoms with Gasteiger partial charge in [-0.3, -0.25) is 9.78 Å². The Balaban J connectivity index is 1.07. The summed E-state index contributed by atoms with van der Waals surface area (Å²) in [6.07, 6.45) is 6.26. The molecule has 0 radical (unpaired) electrons. The number of nitrogens with zero attached hydrogens (tertiary/aromatic N) is 2. The fourth-order valence-electron chi connectivity index (χ4n) is 4.73. The molecule has 3 heterocycles. The molecular formula is C24H24Cl2N4O3. The van der Waals surface area contributed by atoms with E-state index in [0.717, 1.165) is 30.2 Å². The SMILES string of the molecule is O=C(NCC1CC12CCN(C(=O)NCc1ccc(Cl)c(Cl)c1)CC2)c1cc2ccncc2o1. The van der Waals surface area contributed by atoms with Gasteiger partial charge in [0.2, 0.25) is 0 Å². The predicted molar refractivity (Wildman–Crippen MR) is 126 cm³/mol. The molecule has 2 aliphatic rings. The molecule has 2 fully saturated rings. The number of carbonyl (C=O) groups excluding carboxylic acids is 2. The zero-order valence-corrected chi connectivity index (χ0v) is 19.5. The van der Waals surface area contributed by atoms with E-state index in [1.165, 1.54) is 0 Å². The molecule has 2 aromatic heterocycles. The Bertz CT molecular complexity index is 1170. The second-order valence-electron chi connectivity index (χ2n) is 8.89. The second kappa shape index (κ2) is 8.88. The summed E-state index contributed by atoms with van der Waals surface area (Å²) in [7, 11) is 0. The fraction of sp³-hybridized carbons (Fsp3) is 0.375. The second-order valence-corrected chi connectivity index (χ2v) is 9.71. The number of aromatic nitrogens is 1. The van der Waals surface area contributed by atoms with E-state index >= 15 is 0 Å². The van der Waals surface area contributed by atoms with Gasteiger partial charge in [-0.2, -0.15) is 0 Å². The highest BCUT2D eigenvalue weighted by atomic mass is 35.5. The molecule has 3 amide bonds. The van der Waals surface area contributed by atoms with Crippen LogP contribution in [0.2, 0.25) is 10.0 Å². The van der Waals surface area contributed by atoms with Crippen LogP contribution >= 0.6 is 23.2 Å². The van der Waals surface area contributed by atoms with E-state index in [0.29, 0.717) is 53.5 Å². The van der Waals surface area contributed by atoms with Crippen LogP contribution in [0.3, 0.4) is 0 Å². The summed E-state index contributed by atoms with van der Waals surface area (Å²) in [6, 6.07) is 8.84. The number of hydrogen-bond acceptors (Lipinski definition) is 4. The molecule has 5 rings (SSSR count). The highest BCUT2D eigenvalue weighted by Gasteiger charge is 2.54. The van der Waals surface area contributed by atoms with Gasteiger partial charge in [-0.25, -0.2) is 4.79 Å². The van der Waals surface area contributed by atoms with Crippen molar-refractivity contribution in [2.24, 2.45) is 11.3 Å². The number of hydrogen-bond donors (Lipinski definition) is 2. The lowest BCUT2D eigenvalue weighted by molar-refractivity contribution is 0.0922. The number of rotatable bonds is 5. The van der Waals surface area contributed by atoms with Gasteiger partial charge in [0, 0.05) is 37.8 Å². The van der Waals surface area contributed by atoms with Crippen molar-refractivity contribution in [3.63, 3.8) is 0 Å². The van der Waals surface area contributed by atoms with Gasteiger partial charge < -0.3 is 20.0 Å². The molecule has 1 unspecified atom stereocenters. The Kier molecular flexibility index (Phi) is 5.93. The van der Waals surface area contributed by atoms with Crippen LogP contribution in [0, 0.1) is 11.3 Å². The maximum atomic E-state index is 12.6. The Hall–Kier alpha value is -2.77. The lowest BCUT2D eigenvalue weighted by Crippen LogP contribution is -2.45. The smallest absolute Gasteiger partial charge is 0.317 e. The van der Waals surface area contributed by atoms with Crippen molar-refractivity contribution in [2.75, 3.05) is 19.6 Å². The lowest BCUT2D eigenvalue weighted by atomic mass is 9.91. The number of benzene rings is 1. The Morgan fingerprint density at radius 3 is 2.70 bits per heavy atom. The molecule has 1 spiro atoms. The molecule has 1 aliphatic heterocycles. The Labute approximate surface area is 201 Å². The molecular weight excluding hydrogens is 463 g/mol. The van der Waals surface area contributed by atoms with Gasteiger partial charge in [-0.05, 0) is 60.4 Å². The number of amides is 3. The number of piperidine rings is 1. The van der Waals surface area contributed by atoms with Crippen LogP contribution in [0.4, 0.5) is 4.79 Å². The summed E-state index contributed by atoms with van der Waals surface area (Å²) < 4.78 is 5.59. The van der Waals surface area contributed by atoms with Crippen molar-refractivity contribution in [1.82, 2.24) is 20.5 Å². The van der Waals surface area contributed by atoms with Crippen LogP contribution in [0.25, 0.3) is 11.0 Å². The summed E-state index contributed by atoms with van der Waals surface area (Å²) in [5.74, 6) is 0.544. The third kappa shape index (κ3) is 4.66. The number of likely N-dealkylation sites (tertiary alicyclic amines) is 1. The average Bonchev–Trinajstić information content (AvgIpc) is 3.29. The molecule has 1 atom stereocenters. The first kappa shape index (κ1) is 22.0. The molecule has 2 N–H and O–H groups in total. The Morgan fingerprint density at radius 1 is 1.12 bits per heavy atom. The highest BCUT2D eigenvalue weighted by Crippen LogP contribution is 2.59. The minimum Gasteiger partial charge on any atom is -0.449 e. The minimum absolute atomic E-state index is 0.0687. The van der Waals surface area contributed by atoms with E-state index in [2.05, 4.69) is 15.6 Å². The normalized spacial score (nSPS) is 19.0. The number of urea groups is 1. The van der Waals surface area contributed by atoms with Crippen LogP contribution in [0.5, 0.6) is 0 Å². The first-order chi connectivity index (χ1) is 15.9. The molecule has 3 aromatic rings. The highest BCUT2D eigenvalue weighted by molar-refractivity contribution is 6.42. The van der Waals surface area contributed by atoms with Crippen LogP contribution < -0.4 is 10.6 Å². The van der Waals surface area contributed by atoms with Gasteiger partial charge in [0.05, 0.1) is 16.2 Å². The first-order valence-corrected chi connectivity index (χ1v) is 11.8. The molecule has 7 nitrogen and oxygen atoms in total. The van der Waals surface area contributed by atoms with Crippen molar-refractivity contribution in [3.8, 4) is 0 Å². The standard InChI is InChI=1S/C24H24Cl2N4O3/c25-18-2-1-15(9-19(18)26)12-29-23(32)30-7-4-24(5-8-30)11-17(24)13-28-22(31)20-10-16-3-6-27-14-21(16)33-20/h1-3,6,9-10,14,17H,4-5,7-8,11-13H2,(H,28,31)(H,29,32). The first-order valence-electron chi connectivity index (χ1n) is 11.0. The van der Waals surface area contributed by atoms with Crippen LogP contribution in [0.15, 0.2) is 47.1 Å². The van der Waals surface area contributed by atoms with E-state index in [1.807, 2.05) is 17.0 Å². The van der Waals surface area contributed by atoms with E-state index in [1.54, 1.807) is 30.6 Å². The van der Waals surface area contributed by atoms with Gasteiger partial charge in [-0.15, -0.1) is 0 Å². The van der Waals surface area contributed by atoms with Crippen molar-refractivity contribution >= 4 is 46.1 Å². The summed E-state index contributed by atoms with van der Waals surface area (Å²) in [4.78, 5) is 30.9. The number of pyridine rings is 1. The van der Waals surface area contributed by atoms with Crippen molar-refractivity contribution < 1.29 is 14.0 Å². The van der Waals surface area contributed by atoms with E-state index in [-0.39, 0.29) is 17.4 Å². The van der Waals surface area contributed by atoms with Crippen LogP contribution in [0.1, 0.15) is 35.4 Å². The number of carbonyl (C=O) groups is 2. The molecule has 1 aromatic carbocycles. The monoisotopic (exact) mass is 486 g/mol. The number of nitrogens with one attached hydrogen (secondary N) is 2. The molecule has 1 aliphatic carbocycles. The molecule has 9 heteroatoms. The molecule has 1 saturated carbocycles. The average molecular weight is 487 g/mol. The topological polar surface area (TPSA) is 87.5 Å². The van der Waals surface area contributed by atoms with Crippen LogP contribution in [-0.4, -0.2) is 41.5 Å². The summed E-state index contributed by atoms with van der Waals surface area (Å²) in [5.41, 5.74) is 1.74. The lowest BCUT2D eigenvalue weighted by Gasteiger charge is -2.33. The third-order valence-corrected chi connectivity index (χ3v) is 7.63. The quantitative estimate of drug-likeness (QED) is 0.537. The number of halogens is 2. The zero-order valence-electron chi connectivity index (χ0n) is 17.9. The predicted octanol–water partition coefficient (Wildman–Crippen LogP) is 4.88. The van der Waals surface area contributed by atoms with Gasteiger partial charge >= 0.3 is 6.03 Å². The van der Waals surface area contributed by atoms with E-state index < -0.39 is 0 Å². The number of fused-ring (bicyclic) bond motifs is 1. The van der Waals surface area contributed by atoms with Gasteiger partial charge in [-0.1, -0.05) is 29.3 Å². The van der Waals surface area contributed by atoms with Crippen molar-refractivity contribution in [2.45, 2.75) is 25.8 Å². The fourth-order valence-corrected chi connectivity index (χ4v) is 5.05. The maximum Gasteiger partial charge on any atom is 0.317 e. The third-order valence-electron chi connectivity index (χ3n) is 6.89. The van der Waals surface area contributed by atoms with E-state index in [4.69, 9.17) is 27.6 Å². The minimum atomic E-state index is -0.202. The number of furan rings is 1. The molecule has 0 bridgehead atoms. The van der Waals surface area contributed by atoms with Gasteiger partial charge in [0.1, 0.15) is 0 Å². The largest absolute Gasteiger partial charge is 0.449 e. The zero-order chi connectivity index (χ0) is 23.0. The summed E-state index contributed by atoms with van der Waals surface area (Å²) in [6.45, 7) is 2.46. The molecule has 1 saturated heterocycles.